The van der Waals surface area contributed by atoms with Gasteiger partial charge in [-0.15, -0.1) is 0 Å². The van der Waals surface area contributed by atoms with E-state index in [1.807, 2.05) is 0 Å². The van der Waals surface area contributed by atoms with Crippen molar-refractivity contribution in [3.63, 3.8) is 0 Å². The molecular weight excluding hydrogens is 963 g/mol. The zero-order valence-electron chi connectivity index (χ0n) is 40.7. The van der Waals surface area contributed by atoms with Crippen molar-refractivity contribution >= 4 is 67.3 Å². The Morgan fingerprint density at radius 3 is 1.81 bits per heavy atom. The van der Waals surface area contributed by atoms with E-state index in [0.717, 1.165) is 79.3 Å². The number of nitrogens with zero attached hydrogens (tertiary/aromatic N) is 2. The monoisotopic (exact) mass is 1020 g/mol. The Bertz CT molecular complexity index is 2140. The molecule has 0 bridgehead atoms. The molecular formula is C41H61N4O24P. The third kappa shape index (κ3) is 18.4. The van der Waals surface area contributed by atoms with E-state index in [9.17, 15) is 57.4 Å². The molecule has 2 N–H and O–H groups in total. The molecule has 2 aliphatic rings. The highest BCUT2D eigenvalue weighted by molar-refractivity contribution is 7.46. The lowest BCUT2D eigenvalue weighted by atomic mass is 9.90. The van der Waals surface area contributed by atoms with Crippen LogP contribution in [0, 0.1) is 0 Å². The van der Waals surface area contributed by atoms with Crippen LogP contribution < -0.4 is 20.8 Å². The zero-order chi connectivity index (χ0) is 53.3. The van der Waals surface area contributed by atoms with Crippen molar-refractivity contribution in [1.29, 1.82) is 0 Å². The number of rotatable bonds is 21. The summed E-state index contributed by atoms with van der Waals surface area (Å²) in [5.41, 5.74) is -1.08. The largest absolute Gasteiger partial charge is 0.756 e. The third-order valence-electron chi connectivity index (χ3n) is 9.82. The van der Waals surface area contributed by atoms with E-state index in [2.05, 4.69) is 31.1 Å². The van der Waals surface area contributed by atoms with Gasteiger partial charge in [-0.3, -0.25) is 52.0 Å². The summed E-state index contributed by atoms with van der Waals surface area (Å²) < 4.78 is 78.4. The number of nitrogens with one attached hydrogen (secondary N) is 2. The summed E-state index contributed by atoms with van der Waals surface area (Å²) >= 11 is 0. The quantitative estimate of drug-likeness (QED) is 0.0791. The fourth-order valence-electron chi connectivity index (χ4n) is 7.07. The number of carbonyl (C=O) groups is 9. The topological polar surface area (TPSA) is 356 Å². The van der Waals surface area contributed by atoms with E-state index >= 15 is 0 Å². The Hall–Kier alpha value is -5.90. The minimum Gasteiger partial charge on any atom is -0.756 e. The van der Waals surface area contributed by atoms with Crippen LogP contribution in [0.15, 0.2) is 17.1 Å². The first-order valence-electron chi connectivity index (χ1n) is 21.6. The molecule has 2 saturated heterocycles. The number of anilines is 1. The van der Waals surface area contributed by atoms with Gasteiger partial charge in [0.05, 0.1) is 39.8 Å². The number of hydrogen-bond donors (Lipinski definition) is 2. The number of phosphoric acid groups is 1. The SMILES string of the molecule is CC[NH+](CC)CC.COC(=O)[C@]1(OP(=O)([O-])OC[C@H]2O[C@@H](n3ccc(NC(C)=O)nc3=O)[C@H](OC(C)=O)[C@@H]2OC(C)=O)C[C@H](OC(C)=O)[C@@H](OC(C)=O)[C@H]([C@H](OC(C)=O)[C@@H](COC(C)=O)OC(C)=O)O1. The van der Waals surface area contributed by atoms with Crippen molar-refractivity contribution in [3.8, 4) is 0 Å². The zero-order valence-corrected chi connectivity index (χ0v) is 41.6. The van der Waals surface area contributed by atoms with Crippen LogP contribution in [0.5, 0.6) is 0 Å². The van der Waals surface area contributed by atoms with Crippen molar-refractivity contribution in [2.24, 2.45) is 0 Å². The van der Waals surface area contributed by atoms with Crippen LogP contribution in [0.25, 0.3) is 0 Å². The van der Waals surface area contributed by atoms with E-state index in [1.165, 1.54) is 19.6 Å². The molecule has 1 aromatic rings. The number of ether oxygens (including phenoxy) is 10. The maximum Gasteiger partial charge on any atom is 0.367 e. The van der Waals surface area contributed by atoms with Gasteiger partial charge in [-0.25, -0.2) is 9.59 Å². The minimum atomic E-state index is -6.08. The second-order valence-electron chi connectivity index (χ2n) is 15.3. The molecule has 70 heavy (non-hydrogen) atoms. The van der Waals surface area contributed by atoms with E-state index in [0.29, 0.717) is 0 Å². The summed E-state index contributed by atoms with van der Waals surface area (Å²) in [7, 11) is -5.33. The van der Waals surface area contributed by atoms with E-state index in [4.69, 9.17) is 56.4 Å². The third-order valence-corrected chi connectivity index (χ3v) is 10.8. The molecule has 0 radical (unpaired) electrons. The number of quaternary nitrogens is 1. The number of amides is 1. The molecule has 28 nitrogen and oxygen atoms in total. The number of hydrogen-bond acceptors (Lipinski definition) is 25. The normalized spacial score (nSPS) is 24.4. The highest BCUT2D eigenvalue weighted by Gasteiger charge is 2.62. The molecule has 29 heteroatoms. The molecule has 1 amide bonds. The Morgan fingerprint density at radius 1 is 0.814 bits per heavy atom. The van der Waals surface area contributed by atoms with Crippen molar-refractivity contribution < 1.29 is 114 Å². The Morgan fingerprint density at radius 2 is 1.36 bits per heavy atom. The van der Waals surface area contributed by atoms with Gasteiger partial charge in [0.15, 0.2) is 36.7 Å². The van der Waals surface area contributed by atoms with Crippen molar-refractivity contribution in [1.82, 2.24) is 9.55 Å². The molecule has 11 atom stereocenters. The summed E-state index contributed by atoms with van der Waals surface area (Å²) in [6.45, 7) is 16.0. The minimum absolute atomic E-state index is 0.182. The van der Waals surface area contributed by atoms with Crippen LogP contribution in [0.3, 0.4) is 0 Å². The predicted octanol–water partition coefficient (Wildman–Crippen LogP) is -1.66. The van der Waals surface area contributed by atoms with Crippen LogP contribution in [0.4, 0.5) is 5.82 Å². The second kappa shape index (κ2) is 27.5. The maximum atomic E-state index is 13.8. The van der Waals surface area contributed by atoms with Crippen LogP contribution in [0.1, 0.15) is 88.8 Å². The second-order valence-corrected chi connectivity index (χ2v) is 16.7. The van der Waals surface area contributed by atoms with Gasteiger partial charge < -0.3 is 67.0 Å². The fraction of sp³-hybridized carbons (Fsp3) is 0.683. The lowest BCUT2D eigenvalue weighted by Gasteiger charge is -2.48. The number of aromatic nitrogens is 2. The van der Waals surface area contributed by atoms with Gasteiger partial charge in [-0.1, -0.05) is 0 Å². The molecule has 2 fully saturated rings. The molecule has 394 valence electrons. The van der Waals surface area contributed by atoms with Gasteiger partial charge in [0.25, 0.3) is 13.6 Å². The lowest BCUT2D eigenvalue weighted by molar-refractivity contribution is -0.894. The standard InChI is InChI=1S/C35H46N3O24P.C6H15N/c1-15(39)36-26-10-11-38(34(48)37-26)32-31(59-22(8)46)29(58-21(7)45)25(60-32)14-53-63(49,50)62-35(33(47)51-9)12-23(54-17(3)41)27(56-19(5)43)30(61-35)28(57-20(6)44)24(55-18(4)42)13-52-16(2)40;1-4-7(5-2)6-3/h10-11,23-25,27-32H,12-14H2,1-9H3,(H,49,50)(H,36,37,39,48);4-6H2,1-3H3/t23-,24+,25+,27+,28+,29+,30+,31+,32+,35+;/m0./s1. The van der Waals surface area contributed by atoms with Crippen molar-refractivity contribution in [2.75, 3.05) is 45.3 Å². The number of esters is 8. The van der Waals surface area contributed by atoms with Crippen molar-refractivity contribution in [2.45, 2.75) is 143 Å². The van der Waals surface area contributed by atoms with Gasteiger partial charge >= 0.3 is 53.4 Å². The van der Waals surface area contributed by atoms with Crippen LogP contribution in [-0.2, 0) is 104 Å². The van der Waals surface area contributed by atoms with Gasteiger partial charge in [-0.2, -0.15) is 4.98 Å². The first-order chi connectivity index (χ1) is 32.6. The first-order valence-corrected chi connectivity index (χ1v) is 23.0. The van der Waals surface area contributed by atoms with Gasteiger partial charge in [0.1, 0.15) is 30.7 Å². The van der Waals surface area contributed by atoms with Gasteiger partial charge in [0.2, 0.25) is 5.91 Å². The van der Waals surface area contributed by atoms with E-state index < -0.39 is 148 Å². The number of methoxy groups -OCH3 is 1. The molecule has 0 saturated carbocycles. The van der Waals surface area contributed by atoms with E-state index in [-0.39, 0.29) is 5.82 Å². The smallest absolute Gasteiger partial charge is 0.367 e. The van der Waals surface area contributed by atoms with Gasteiger partial charge in [-0.05, 0) is 26.8 Å². The highest BCUT2D eigenvalue weighted by atomic mass is 31.2. The first kappa shape index (κ1) is 60.2. The summed E-state index contributed by atoms with van der Waals surface area (Å²) in [5, 5.41) is 2.29. The van der Waals surface area contributed by atoms with Crippen LogP contribution in [-0.4, -0.2) is 158 Å². The predicted molar refractivity (Wildman–Crippen MR) is 228 cm³/mol. The van der Waals surface area contributed by atoms with Gasteiger partial charge in [0, 0.05) is 61.6 Å². The summed E-state index contributed by atoms with van der Waals surface area (Å²) in [4.78, 5) is 143. The Balaban J connectivity index is 0.00000222. The average Bonchev–Trinajstić information content (AvgIpc) is 3.55. The number of phosphoric ester groups is 1. The lowest BCUT2D eigenvalue weighted by Crippen LogP contribution is -3.11. The molecule has 0 aliphatic carbocycles. The molecule has 0 spiro atoms. The van der Waals surface area contributed by atoms with E-state index in [1.54, 1.807) is 4.90 Å². The molecule has 3 heterocycles. The fourth-order valence-corrected chi connectivity index (χ4v) is 8.01. The highest BCUT2D eigenvalue weighted by Crippen LogP contribution is 2.50. The van der Waals surface area contributed by atoms with Crippen LogP contribution in [0.2, 0.25) is 0 Å². The molecule has 0 aromatic carbocycles. The summed E-state index contributed by atoms with van der Waals surface area (Å²) in [6, 6.07) is 1.16. The summed E-state index contributed by atoms with van der Waals surface area (Å²) in [6.07, 6.45) is -17.0. The van der Waals surface area contributed by atoms with Crippen LogP contribution >= 0.6 is 7.82 Å². The number of carbonyl (C=O) groups excluding carboxylic acids is 9. The Kier molecular flexibility index (Phi) is 23.6. The summed E-state index contributed by atoms with van der Waals surface area (Å²) in [5.74, 6) is -13.1. The maximum absolute atomic E-state index is 13.8. The Labute approximate surface area is 401 Å². The molecule has 1 unspecified atom stereocenters. The average molecular weight is 1020 g/mol. The van der Waals surface area contributed by atoms with Crippen molar-refractivity contribution in [3.05, 3.63) is 22.7 Å². The molecule has 3 rings (SSSR count). The molecule has 2 aliphatic heterocycles. The molecule has 1 aromatic heterocycles.